The molecular formula is C3H13N2NaO4S2. The summed E-state index contributed by atoms with van der Waals surface area (Å²) in [6.45, 7) is 0. The van der Waals surface area contributed by atoms with Gasteiger partial charge in [0.1, 0.15) is 0 Å². The normalized spacial score (nSPS) is 4.92. The van der Waals surface area contributed by atoms with Crippen LogP contribution in [0, 0.1) is 0 Å². The molecule has 0 unspecified atom stereocenters. The second-order valence-electron chi connectivity index (χ2n) is 0.893. The van der Waals surface area contributed by atoms with Crippen molar-refractivity contribution in [3.63, 3.8) is 0 Å². The maximum Gasteiger partial charge on any atom is 1.00 e. The molecule has 7 N–H and O–H groups in total. The Bertz CT molecular complexity index is 116. The van der Waals surface area contributed by atoms with Gasteiger partial charge < -0.3 is 23.4 Å². The van der Waals surface area contributed by atoms with E-state index in [2.05, 4.69) is 36.3 Å². The maximum absolute atomic E-state index is 9.57. The molecule has 0 bridgehead atoms. The fourth-order valence-corrected chi connectivity index (χ4v) is 0. The topological polar surface area (TPSA) is 135 Å². The van der Waals surface area contributed by atoms with Gasteiger partial charge in [-0.2, -0.15) is 0 Å². The third kappa shape index (κ3) is 147. The molecule has 0 spiro atoms. The first-order valence-electron chi connectivity index (χ1n) is 1.89. The van der Waals surface area contributed by atoms with Gasteiger partial charge in [-0.05, 0) is 0 Å². The Balaban J connectivity index is -0.0000000146. The van der Waals surface area contributed by atoms with Gasteiger partial charge in [0.05, 0.1) is 0 Å². The Morgan fingerprint density at radius 2 is 1.42 bits per heavy atom. The van der Waals surface area contributed by atoms with Crippen LogP contribution in [0.2, 0.25) is 0 Å². The zero-order chi connectivity index (χ0) is 7.86. The number of hydrogen-bond donors (Lipinski definition) is 4. The summed E-state index contributed by atoms with van der Waals surface area (Å²) < 4.78 is 0. The van der Waals surface area contributed by atoms with Crippen LogP contribution in [0.3, 0.4) is 0 Å². The fourth-order valence-electron chi connectivity index (χ4n) is 0. The first kappa shape index (κ1) is 29.4. The molecule has 0 atom stereocenters. The quantitative estimate of drug-likeness (QED) is 0.246. The second-order valence-corrected chi connectivity index (χ2v) is 1.74. The number of amides is 2. The summed E-state index contributed by atoms with van der Waals surface area (Å²) >= 11 is 6.45. The van der Waals surface area contributed by atoms with Crippen molar-refractivity contribution in [3.8, 4) is 0 Å². The van der Waals surface area contributed by atoms with Crippen molar-refractivity contribution >= 4 is 35.7 Å². The Morgan fingerprint density at radius 1 is 1.33 bits per heavy atom. The molecule has 0 heterocycles. The van der Waals surface area contributed by atoms with Crippen LogP contribution < -0.4 is 40.6 Å². The average molecular weight is 228 g/mol. The van der Waals surface area contributed by atoms with Crippen LogP contribution in [0.15, 0.2) is 0 Å². The predicted octanol–water partition coefficient (Wildman–Crippen LogP) is -4.28. The molecule has 0 aliphatic heterocycles. The minimum atomic E-state index is -0.639. The predicted molar refractivity (Wildman–Crippen MR) is 50.4 cm³/mol. The van der Waals surface area contributed by atoms with E-state index in [1.165, 1.54) is 7.05 Å². The molecule has 12 heavy (non-hydrogen) atoms. The number of thiol groups is 2. The van der Waals surface area contributed by atoms with Crippen molar-refractivity contribution in [1.82, 2.24) is 5.32 Å². The van der Waals surface area contributed by atoms with Crippen LogP contribution in [0.25, 0.3) is 0 Å². The molecule has 0 rings (SSSR count). The van der Waals surface area contributed by atoms with Gasteiger partial charge in [0, 0.05) is 7.05 Å². The summed E-state index contributed by atoms with van der Waals surface area (Å²) in [5.41, 5.74) is 4.34. The zero-order valence-electron chi connectivity index (χ0n) is 7.79. The average Bonchev–Trinajstić information content (AvgIpc) is 1.65. The van der Waals surface area contributed by atoms with Gasteiger partial charge in [-0.25, -0.2) is 0 Å². The zero-order valence-corrected chi connectivity index (χ0v) is 10.6. The van der Waals surface area contributed by atoms with E-state index < -0.39 is 5.24 Å². The maximum atomic E-state index is 9.57. The van der Waals surface area contributed by atoms with Crippen molar-refractivity contribution in [2.75, 3.05) is 7.05 Å². The third-order valence-corrected chi connectivity index (χ3v) is 0.437. The summed E-state index contributed by atoms with van der Waals surface area (Å²) in [5.74, 6) is 0. The molecule has 0 aromatic rings. The smallest absolute Gasteiger partial charge is 1.00 e. The van der Waals surface area contributed by atoms with E-state index in [0.717, 1.165) is 0 Å². The van der Waals surface area contributed by atoms with Gasteiger partial charge in [0.15, 0.2) is 0 Å². The van der Waals surface area contributed by atoms with Crippen LogP contribution >= 0.6 is 25.3 Å². The summed E-state index contributed by atoms with van der Waals surface area (Å²) in [5, 5.41) is 1.31. The van der Waals surface area contributed by atoms with E-state index in [9.17, 15) is 4.79 Å². The summed E-state index contributed by atoms with van der Waals surface area (Å²) in [6.07, 6.45) is 0. The summed E-state index contributed by atoms with van der Waals surface area (Å²) in [7, 11) is 1.52. The van der Waals surface area contributed by atoms with Crippen molar-refractivity contribution < 1.29 is 51.5 Å². The van der Waals surface area contributed by atoms with E-state index in [1.54, 1.807) is 0 Å². The van der Waals surface area contributed by atoms with Gasteiger partial charge in [-0.15, -0.1) is 0 Å². The Labute approximate surface area is 105 Å². The molecule has 0 aliphatic carbocycles. The number of carbonyl (C=O) groups is 2. The minimum absolute atomic E-state index is 0. The van der Waals surface area contributed by atoms with Crippen LogP contribution in [0.4, 0.5) is 9.59 Å². The fraction of sp³-hybridized carbons (Fsp3) is 0.333. The Morgan fingerprint density at radius 3 is 1.42 bits per heavy atom. The second kappa shape index (κ2) is 22.6. The molecular weight excluding hydrogens is 215 g/mol. The standard InChI is InChI=1S/C2H5NOS.CH3NOS.Na.2H2O.H/c1-3-2(4)5;2-1(3)4;;;;/h1H3,(H2,3,4,5);(H3,2,3,4);;2*1H2;/q;;+1;;;-1. The number of primary amides is 1. The molecule has 9 heteroatoms. The minimum Gasteiger partial charge on any atom is -1.00 e. The van der Waals surface area contributed by atoms with Crippen molar-refractivity contribution in [1.29, 1.82) is 0 Å². The van der Waals surface area contributed by atoms with Gasteiger partial charge in [0.2, 0.25) is 0 Å². The van der Waals surface area contributed by atoms with E-state index in [1.807, 2.05) is 0 Å². The SMILES string of the molecule is CNC(=O)S.NC(=O)S.O.O.[H-].[Na+]. The number of hydrogen-bond acceptors (Lipinski definition) is 2. The van der Waals surface area contributed by atoms with E-state index in [0.29, 0.717) is 0 Å². The van der Waals surface area contributed by atoms with Gasteiger partial charge in [-0.3, -0.25) is 9.59 Å². The Kier molecular flexibility index (Phi) is 55.2. The molecule has 0 aromatic carbocycles. The van der Waals surface area contributed by atoms with Crippen molar-refractivity contribution in [2.24, 2.45) is 5.73 Å². The van der Waals surface area contributed by atoms with E-state index >= 15 is 0 Å². The number of rotatable bonds is 0. The molecule has 0 aliphatic rings. The van der Waals surface area contributed by atoms with E-state index in [4.69, 9.17) is 4.79 Å². The number of nitrogens with one attached hydrogen (secondary N) is 1. The molecule has 2 amide bonds. The van der Waals surface area contributed by atoms with Crippen molar-refractivity contribution in [3.05, 3.63) is 0 Å². The van der Waals surface area contributed by atoms with Gasteiger partial charge in [-0.1, -0.05) is 25.3 Å². The van der Waals surface area contributed by atoms with Crippen LogP contribution in [-0.2, 0) is 0 Å². The number of carbonyl (C=O) groups excluding carboxylic acids is 2. The first-order valence-corrected chi connectivity index (χ1v) is 2.79. The van der Waals surface area contributed by atoms with Crippen LogP contribution in [0.1, 0.15) is 1.43 Å². The summed E-state index contributed by atoms with van der Waals surface area (Å²) in [4.78, 5) is 18.7. The molecule has 0 radical (unpaired) electrons. The third-order valence-electron chi connectivity index (χ3n) is 0.214. The molecule has 0 aromatic heterocycles. The van der Waals surface area contributed by atoms with Gasteiger partial charge in [0.25, 0.3) is 10.5 Å². The van der Waals surface area contributed by atoms with Gasteiger partial charge >= 0.3 is 29.6 Å². The van der Waals surface area contributed by atoms with Crippen molar-refractivity contribution in [2.45, 2.75) is 0 Å². The molecule has 6 nitrogen and oxygen atoms in total. The molecule has 0 saturated heterocycles. The Hall–Kier alpha value is 0.560. The van der Waals surface area contributed by atoms with Crippen LogP contribution in [-0.4, -0.2) is 28.5 Å². The first-order chi connectivity index (χ1) is 4.00. The molecule has 0 fully saturated rings. The van der Waals surface area contributed by atoms with E-state index in [-0.39, 0.29) is 47.2 Å². The molecule has 0 saturated carbocycles. The largest absolute Gasteiger partial charge is 1.00 e. The monoisotopic (exact) mass is 228 g/mol. The molecule has 72 valence electrons. The summed E-state index contributed by atoms with van der Waals surface area (Å²) in [6, 6.07) is 0. The van der Waals surface area contributed by atoms with Crippen LogP contribution in [0.5, 0.6) is 0 Å². The number of nitrogens with two attached hydrogens (primary N) is 1.